The second kappa shape index (κ2) is 5.62. The summed E-state index contributed by atoms with van der Waals surface area (Å²) in [6, 6.07) is 14.2. The molecular formula is C16H17NOS2. The van der Waals surface area contributed by atoms with E-state index in [0.717, 1.165) is 16.2 Å². The zero-order chi connectivity index (χ0) is 14.1. The van der Waals surface area contributed by atoms with Gasteiger partial charge in [0.25, 0.3) is 0 Å². The van der Waals surface area contributed by atoms with Gasteiger partial charge in [0.15, 0.2) is 0 Å². The number of para-hydroxylation sites is 1. The Morgan fingerprint density at radius 3 is 2.90 bits per heavy atom. The number of thioether (sulfide) groups is 1. The first kappa shape index (κ1) is 13.7. The number of aryl methyl sites for hydroxylation is 1. The lowest BCUT2D eigenvalue weighted by atomic mass is 10.0. The SMILES string of the molecule is Cc1cccc(S(=O)CC2CSc3ccccc32)c1N. The molecule has 4 heteroatoms. The van der Waals surface area contributed by atoms with Gasteiger partial charge in [-0.1, -0.05) is 30.3 Å². The van der Waals surface area contributed by atoms with Gasteiger partial charge in [-0.05, 0) is 30.2 Å². The average Bonchev–Trinajstić information content (AvgIpc) is 2.85. The highest BCUT2D eigenvalue weighted by Gasteiger charge is 2.25. The summed E-state index contributed by atoms with van der Waals surface area (Å²) in [6.45, 7) is 1.96. The van der Waals surface area contributed by atoms with Gasteiger partial charge in [0.05, 0.1) is 21.4 Å². The van der Waals surface area contributed by atoms with E-state index in [1.807, 2.05) is 36.9 Å². The van der Waals surface area contributed by atoms with E-state index in [2.05, 4.69) is 24.3 Å². The second-order valence-corrected chi connectivity index (χ2v) is 7.57. The topological polar surface area (TPSA) is 43.1 Å². The molecule has 2 N–H and O–H groups in total. The Morgan fingerprint density at radius 2 is 2.05 bits per heavy atom. The highest BCUT2D eigenvalue weighted by Crippen LogP contribution is 2.40. The molecule has 2 aromatic rings. The zero-order valence-electron chi connectivity index (χ0n) is 11.3. The van der Waals surface area contributed by atoms with Crippen molar-refractivity contribution in [2.24, 2.45) is 0 Å². The van der Waals surface area contributed by atoms with Gasteiger partial charge in [0.2, 0.25) is 0 Å². The Kier molecular flexibility index (Phi) is 3.85. The Hall–Kier alpha value is -1.26. The molecule has 1 aliphatic heterocycles. The number of anilines is 1. The van der Waals surface area contributed by atoms with E-state index in [4.69, 9.17) is 5.73 Å². The molecule has 2 atom stereocenters. The molecule has 1 aliphatic rings. The van der Waals surface area contributed by atoms with Crippen LogP contribution in [0.1, 0.15) is 17.0 Å². The largest absolute Gasteiger partial charge is 0.398 e. The molecule has 0 aliphatic carbocycles. The summed E-state index contributed by atoms with van der Waals surface area (Å²) in [6.07, 6.45) is 0. The summed E-state index contributed by atoms with van der Waals surface area (Å²) in [5.41, 5.74) is 9.05. The van der Waals surface area contributed by atoms with Crippen LogP contribution in [0.4, 0.5) is 5.69 Å². The standard InChI is InChI=1S/C16H17NOS2/c1-11-5-4-8-15(16(11)17)20(18)10-12-9-19-14-7-3-2-6-13(12)14/h2-8,12H,9-10,17H2,1H3. The second-order valence-electron chi connectivity index (χ2n) is 5.04. The summed E-state index contributed by atoms with van der Waals surface area (Å²) in [5.74, 6) is 2.02. The third kappa shape index (κ3) is 2.50. The van der Waals surface area contributed by atoms with Crippen LogP contribution in [0.5, 0.6) is 0 Å². The maximum atomic E-state index is 12.6. The van der Waals surface area contributed by atoms with Crippen LogP contribution in [0.15, 0.2) is 52.3 Å². The maximum absolute atomic E-state index is 12.6. The summed E-state index contributed by atoms with van der Waals surface area (Å²) in [7, 11) is -1.04. The smallest absolute Gasteiger partial charge is 0.0620 e. The number of nitrogens with two attached hydrogens (primary N) is 1. The minimum absolute atomic E-state index is 0.358. The van der Waals surface area contributed by atoms with E-state index < -0.39 is 10.8 Å². The van der Waals surface area contributed by atoms with Crippen molar-refractivity contribution in [2.75, 3.05) is 17.2 Å². The molecule has 0 amide bonds. The van der Waals surface area contributed by atoms with E-state index in [1.165, 1.54) is 10.5 Å². The molecule has 2 nitrogen and oxygen atoms in total. The lowest BCUT2D eigenvalue weighted by Gasteiger charge is -2.12. The fourth-order valence-electron chi connectivity index (χ4n) is 2.49. The van der Waals surface area contributed by atoms with Crippen LogP contribution in [0.25, 0.3) is 0 Å². The number of rotatable bonds is 3. The van der Waals surface area contributed by atoms with E-state index in [1.54, 1.807) is 0 Å². The Morgan fingerprint density at radius 1 is 1.25 bits per heavy atom. The number of fused-ring (bicyclic) bond motifs is 1. The molecular weight excluding hydrogens is 286 g/mol. The lowest BCUT2D eigenvalue weighted by molar-refractivity contribution is 0.678. The fraction of sp³-hybridized carbons (Fsp3) is 0.250. The van der Waals surface area contributed by atoms with Crippen molar-refractivity contribution < 1.29 is 4.21 Å². The van der Waals surface area contributed by atoms with Crippen LogP contribution in [0.3, 0.4) is 0 Å². The molecule has 0 saturated carbocycles. The Balaban J connectivity index is 1.83. The average molecular weight is 303 g/mol. The van der Waals surface area contributed by atoms with Gasteiger partial charge in [-0.25, -0.2) is 0 Å². The molecule has 0 bridgehead atoms. The molecule has 0 spiro atoms. The molecule has 3 rings (SSSR count). The normalized spacial score (nSPS) is 18.8. The third-order valence-electron chi connectivity index (χ3n) is 3.68. The Labute approximate surface area is 126 Å². The summed E-state index contributed by atoms with van der Waals surface area (Å²) < 4.78 is 12.6. The summed E-state index contributed by atoms with van der Waals surface area (Å²) >= 11 is 1.85. The van der Waals surface area contributed by atoms with Crippen LogP contribution in [-0.4, -0.2) is 15.7 Å². The molecule has 0 fully saturated rings. The number of benzene rings is 2. The van der Waals surface area contributed by atoms with E-state index in [-0.39, 0.29) is 0 Å². The highest BCUT2D eigenvalue weighted by atomic mass is 32.2. The Bertz CT molecular complexity index is 669. The van der Waals surface area contributed by atoms with Crippen molar-refractivity contribution in [3.63, 3.8) is 0 Å². The molecule has 0 aromatic heterocycles. The van der Waals surface area contributed by atoms with Crippen LogP contribution < -0.4 is 5.73 Å². The predicted octanol–water partition coefficient (Wildman–Crippen LogP) is 3.57. The van der Waals surface area contributed by atoms with Crippen LogP contribution in [-0.2, 0) is 10.8 Å². The lowest BCUT2D eigenvalue weighted by Crippen LogP contribution is -2.11. The first-order valence-corrected chi connectivity index (χ1v) is 8.92. The van der Waals surface area contributed by atoms with Crippen LogP contribution in [0, 0.1) is 6.92 Å². The number of nitrogen functional groups attached to an aromatic ring is 1. The molecule has 2 unspecified atom stereocenters. The fourth-order valence-corrected chi connectivity index (χ4v) is 5.37. The van der Waals surface area contributed by atoms with Crippen molar-refractivity contribution in [1.82, 2.24) is 0 Å². The molecule has 0 radical (unpaired) electrons. The highest BCUT2D eigenvalue weighted by molar-refractivity contribution is 7.99. The first-order valence-electron chi connectivity index (χ1n) is 6.62. The van der Waals surface area contributed by atoms with Gasteiger partial charge in [0.1, 0.15) is 0 Å². The molecule has 0 saturated heterocycles. The van der Waals surface area contributed by atoms with Gasteiger partial charge >= 0.3 is 0 Å². The molecule has 1 heterocycles. The minimum Gasteiger partial charge on any atom is -0.398 e. The maximum Gasteiger partial charge on any atom is 0.0620 e. The molecule has 2 aromatic carbocycles. The third-order valence-corrected chi connectivity index (χ3v) is 6.48. The van der Waals surface area contributed by atoms with E-state index in [9.17, 15) is 4.21 Å². The predicted molar refractivity (Wildman–Crippen MR) is 86.8 cm³/mol. The van der Waals surface area contributed by atoms with Crippen molar-refractivity contribution in [1.29, 1.82) is 0 Å². The van der Waals surface area contributed by atoms with E-state index in [0.29, 0.717) is 17.4 Å². The van der Waals surface area contributed by atoms with Gasteiger partial charge in [-0.3, -0.25) is 4.21 Å². The van der Waals surface area contributed by atoms with Gasteiger partial charge in [0, 0.05) is 22.3 Å². The summed E-state index contributed by atoms with van der Waals surface area (Å²) in [4.78, 5) is 2.10. The van der Waals surface area contributed by atoms with Gasteiger partial charge in [-0.15, -0.1) is 11.8 Å². The van der Waals surface area contributed by atoms with Crippen LogP contribution in [0.2, 0.25) is 0 Å². The number of hydrogen-bond acceptors (Lipinski definition) is 3. The molecule has 104 valence electrons. The minimum atomic E-state index is -1.04. The van der Waals surface area contributed by atoms with Crippen molar-refractivity contribution in [3.8, 4) is 0 Å². The summed E-state index contributed by atoms with van der Waals surface area (Å²) in [5, 5.41) is 0. The van der Waals surface area contributed by atoms with Crippen molar-refractivity contribution in [2.45, 2.75) is 22.6 Å². The van der Waals surface area contributed by atoms with Gasteiger partial charge in [-0.2, -0.15) is 0 Å². The van der Waals surface area contributed by atoms with Gasteiger partial charge < -0.3 is 5.73 Å². The first-order chi connectivity index (χ1) is 9.66. The quantitative estimate of drug-likeness (QED) is 0.881. The molecule has 20 heavy (non-hydrogen) atoms. The van der Waals surface area contributed by atoms with Crippen molar-refractivity contribution in [3.05, 3.63) is 53.6 Å². The van der Waals surface area contributed by atoms with E-state index >= 15 is 0 Å². The zero-order valence-corrected chi connectivity index (χ0v) is 13.0. The number of hydrogen-bond donors (Lipinski definition) is 1. The monoisotopic (exact) mass is 303 g/mol. The van der Waals surface area contributed by atoms with Crippen molar-refractivity contribution >= 4 is 28.2 Å². The van der Waals surface area contributed by atoms with Crippen LogP contribution >= 0.6 is 11.8 Å².